The van der Waals surface area contributed by atoms with Crippen LogP contribution in [0.3, 0.4) is 0 Å². The van der Waals surface area contributed by atoms with Gasteiger partial charge in [-0.3, -0.25) is 4.79 Å². The van der Waals surface area contributed by atoms with Gasteiger partial charge in [0.2, 0.25) is 5.09 Å². The Hall–Kier alpha value is -1.34. The Morgan fingerprint density at radius 2 is 2.00 bits per heavy atom. The SMILES string of the molecule is CC1CCN(C(=O)c2ccc(S(N)(=O)=O)o2)CC1. The summed E-state index contributed by atoms with van der Waals surface area (Å²) in [6.45, 7) is 3.49. The second-order valence-corrected chi connectivity index (χ2v) is 6.13. The first-order valence-corrected chi connectivity index (χ1v) is 7.34. The number of piperidine rings is 1. The average molecular weight is 272 g/mol. The summed E-state index contributed by atoms with van der Waals surface area (Å²) in [6, 6.07) is 2.55. The average Bonchev–Trinajstić information content (AvgIpc) is 2.78. The molecule has 0 unspecified atom stereocenters. The molecule has 18 heavy (non-hydrogen) atoms. The van der Waals surface area contributed by atoms with E-state index < -0.39 is 10.0 Å². The van der Waals surface area contributed by atoms with Gasteiger partial charge in [0.25, 0.3) is 15.9 Å². The van der Waals surface area contributed by atoms with Crippen molar-refractivity contribution >= 4 is 15.9 Å². The third kappa shape index (κ3) is 2.73. The summed E-state index contributed by atoms with van der Waals surface area (Å²) in [4.78, 5) is 13.7. The number of hydrogen-bond acceptors (Lipinski definition) is 4. The summed E-state index contributed by atoms with van der Waals surface area (Å²) in [6.07, 6.45) is 1.91. The minimum Gasteiger partial charge on any atom is -0.438 e. The van der Waals surface area contributed by atoms with Crippen molar-refractivity contribution in [2.45, 2.75) is 24.9 Å². The fourth-order valence-electron chi connectivity index (χ4n) is 1.96. The van der Waals surface area contributed by atoms with Crippen LogP contribution in [0.1, 0.15) is 30.3 Å². The van der Waals surface area contributed by atoms with Crippen LogP contribution < -0.4 is 5.14 Å². The van der Waals surface area contributed by atoms with Gasteiger partial charge in [-0.1, -0.05) is 6.92 Å². The van der Waals surface area contributed by atoms with E-state index in [-0.39, 0.29) is 16.8 Å². The van der Waals surface area contributed by atoms with E-state index in [1.807, 2.05) is 0 Å². The molecule has 1 aromatic rings. The molecular formula is C11H16N2O4S. The Bertz CT molecular complexity index is 541. The van der Waals surface area contributed by atoms with Crippen molar-refractivity contribution in [1.82, 2.24) is 4.90 Å². The predicted molar refractivity (Wildman–Crippen MR) is 64.4 cm³/mol. The molecule has 0 aromatic carbocycles. The van der Waals surface area contributed by atoms with Crippen molar-refractivity contribution in [3.8, 4) is 0 Å². The monoisotopic (exact) mass is 272 g/mol. The molecule has 100 valence electrons. The number of amides is 1. The molecule has 2 heterocycles. The highest BCUT2D eigenvalue weighted by molar-refractivity contribution is 7.89. The molecule has 0 atom stereocenters. The van der Waals surface area contributed by atoms with E-state index in [0.29, 0.717) is 19.0 Å². The molecule has 1 amide bonds. The number of nitrogens with two attached hydrogens (primary N) is 1. The zero-order valence-electron chi connectivity index (χ0n) is 10.1. The van der Waals surface area contributed by atoms with Crippen molar-refractivity contribution in [3.05, 3.63) is 17.9 Å². The third-order valence-corrected chi connectivity index (χ3v) is 3.92. The maximum absolute atomic E-state index is 12.0. The minimum absolute atomic E-state index is 0.0218. The van der Waals surface area contributed by atoms with Gasteiger partial charge >= 0.3 is 0 Å². The van der Waals surface area contributed by atoms with Gasteiger partial charge in [0.05, 0.1) is 0 Å². The number of carbonyl (C=O) groups excluding carboxylic acids is 1. The molecule has 1 aromatic heterocycles. The molecule has 1 aliphatic heterocycles. The van der Waals surface area contributed by atoms with Gasteiger partial charge in [-0.05, 0) is 30.9 Å². The highest BCUT2D eigenvalue weighted by Crippen LogP contribution is 2.20. The van der Waals surface area contributed by atoms with Crippen LogP contribution in [0.15, 0.2) is 21.6 Å². The van der Waals surface area contributed by atoms with Crippen LogP contribution in [0.25, 0.3) is 0 Å². The highest BCUT2D eigenvalue weighted by Gasteiger charge is 2.25. The third-order valence-electron chi connectivity index (χ3n) is 3.14. The number of likely N-dealkylation sites (tertiary alicyclic amines) is 1. The minimum atomic E-state index is -3.89. The molecule has 6 nitrogen and oxygen atoms in total. The zero-order chi connectivity index (χ0) is 13.3. The first-order chi connectivity index (χ1) is 8.38. The predicted octanol–water partition coefficient (Wildman–Crippen LogP) is 0.799. The van der Waals surface area contributed by atoms with E-state index in [1.54, 1.807) is 4.90 Å². The summed E-state index contributed by atoms with van der Waals surface area (Å²) in [7, 11) is -3.89. The molecule has 7 heteroatoms. The Labute approximate surface area is 106 Å². The molecule has 2 N–H and O–H groups in total. The number of rotatable bonds is 2. The fourth-order valence-corrected chi connectivity index (χ4v) is 2.42. The van der Waals surface area contributed by atoms with Gasteiger partial charge < -0.3 is 9.32 Å². The first-order valence-electron chi connectivity index (χ1n) is 5.80. The second kappa shape index (κ2) is 4.74. The first kappa shape index (κ1) is 13.1. The van der Waals surface area contributed by atoms with Crippen molar-refractivity contribution in [3.63, 3.8) is 0 Å². The molecule has 1 saturated heterocycles. The van der Waals surface area contributed by atoms with Crippen LogP contribution in [0.4, 0.5) is 0 Å². The van der Waals surface area contributed by atoms with Crippen LogP contribution >= 0.6 is 0 Å². The lowest BCUT2D eigenvalue weighted by molar-refractivity contribution is 0.0659. The molecule has 1 fully saturated rings. The second-order valence-electron chi connectivity index (χ2n) is 4.64. The molecule has 2 rings (SSSR count). The van der Waals surface area contributed by atoms with E-state index in [0.717, 1.165) is 12.8 Å². The summed E-state index contributed by atoms with van der Waals surface area (Å²) in [5.41, 5.74) is 0. The lowest BCUT2D eigenvalue weighted by Gasteiger charge is -2.29. The molecule has 0 radical (unpaired) electrons. The summed E-state index contributed by atoms with van der Waals surface area (Å²) in [5.74, 6) is 0.357. The standard InChI is InChI=1S/C11H16N2O4S/c1-8-4-6-13(7-5-8)11(14)9-2-3-10(17-9)18(12,15)16/h2-3,8H,4-7H2,1H3,(H2,12,15,16). The molecular weight excluding hydrogens is 256 g/mol. The molecule has 0 aliphatic carbocycles. The highest BCUT2D eigenvalue weighted by atomic mass is 32.2. The Kier molecular flexibility index (Phi) is 3.45. The van der Waals surface area contributed by atoms with Crippen LogP contribution in [-0.4, -0.2) is 32.3 Å². The van der Waals surface area contributed by atoms with Crippen molar-refractivity contribution in [2.24, 2.45) is 11.1 Å². The Morgan fingerprint density at radius 3 is 2.50 bits per heavy atom. The van der Waals surface area contributed by atoms with Crippen molar-refractivity contribution < 1.29 is 17.6 Å². The lowest BCUT2D eigenvalue weighted by Crippen LogP contribution is -2.37. The maximum atomic E-state index is 12.0. The number of hydrogen-bond donors (Lipinski definition) is 1. The number of primary sulfonamides is 1. The summed E-state index contributed by atoms with van der Waals surface area (Å²) in [5, 5.41) is 4.54. The molecule has 1 aliphatic rings. The quantitative estimate of drug-likeness (QED) is 0.861. The van der Waals surface area contributed by atoms with Gasteiger partial charge in [0.15, 0.2) is 5.76 Å². The number of sulfonamides is 1. The van der Waals surface area contributed by atoms with Crippen LogP contribution in [-0.2, 0) is 10.0 Å². The van der Waals surface area contributed by atoms with Gasteiger partial charge in [-0.25, -0.2) is 13.6 Å². The maximum Gasteiger partial charge on any atom is 0.289 e. The van der Waals surface area contributed by atoms with E-state index >= 15 is 0 Å². The van der Waals surface area contributed by atoms with Crippen LogP contribution in [0, 0.1) is 5.92 Å². The van der Waals surface area contributed by atoms with Crippen LogP contribution in [0.5, 0.6) is 0 Å². The summed E-state index contributed by atoms with van der Waals surface area (Å²) < 4.78 is 27.1. The number of furan rings is 1. The smallest absolute Gasteiger partial charge is 0.289 e. The number of nitrogens with zero attached hydrogens (tertiary/aromatic N) is 1. The molecule has 0 bridgehead atoms. The van der Waals surface area contributed by atoms with Gasteiger partial charge in [-0.15, -0.1) is 0 Å². The van der Waals surface area contributed by atoms with Crippen LogP contribution in [0.2, 0.25) is 0 Å². The Balaban J connectivity index is 2.12. The zero-order valence-corrected chi connectivity index (χ0v) is 10.9. The van der Waals surface area contributed by atoms with E-state index in [9.17, 15) is 13.2 Å². The normalized spacial score (nSPS) is 18.0. The Morgan fingerprint density at radius 1 is 1.39 bits per heavy atom. The molecule has 0 spiro atoms. The fraction of sp³-hybridized carbons (Fsp3) is 0.545. The van der Waals surface area contributed by atoms with E-state index in [2.05, 4.69) is 6.92 Å². The van der Waals surface area contributed by atoms with Crippen molar-refractivity contribution in [2.75, 3.05) is 13.1 Å². The number of carbonyl (C=O) groups is 1. The van der Waals surface area contributed by atoms with E-state index in [1.165, 1.54) is 12.1 Å². The van der Waals surface area contributed by atoms with Gasteiger partial charge in [0, 0.05) is 13.1 Å². The van der Waals surface area contributed by atoms with Gasteiger partial charge in [-0.2, -0.15) is 0 Å². The largest absolute Gasteiger partial charge is 0.438 e. The molecule has 0 saturated carbocycles. The lowest BCUT2D eigenvalue weighted by atomic mass is 9.99. The van der Waals surface area contributed by atoms with E-state index in [4.69, 9.17) is 9.56 Å². The topological polar surface area (TPSA) is 93.6 Å². The van der Waals surface area contributed by atoms with Crippen molar-refractivity contribution in [1.29, 1.82) is 0 Å². The van der Waals surface area contributed by atoms with Gasteiger partial charge in [0.1, 0.15) is 0 Å². The summed E-state index contributed by atoms with van der Waals surface area (Å²) >= 11 is 0.